The van der Waals surface area contributed by atoms with E-state index < -0.39 is 34.7 Å². The Labute approximate surface area is 256 Å². The van der Waals surface area contributed by atoms with Crippen molar-refractivity contribution in [2.24, 2.45) is 5.92 Å². The van der Waals surface area contributed by atoms with Gasteiger partial charge in [0.2, 0.25) is 17.7 Å². The van der Waals surface area contributed by atoms with E-state index in [0.717, 1.165) is 52.3 Å². The SMILES string of the molecule is CCN(CC)c1ccc([C@H]2c3sc(=O)n(CC(=O)Nc4ccccc4)c3SC3C(=O)N(c4ccc(F)cc4)C(=O)C32)cc1. The molecular formula is C32H29FN4O4S2. The summed E-state index contributed by atoms with van der Waals surface area (Å²) in [5.41, 5.74) is 2.73. The lowest BCUT2D eigenvalue weighted by molar-refractivity contribution is -0.122. The van der Waals surface area contributed by atoms with Crippen LogP contribution in [-0.4, -0.2) is 40.6 Å². The van der Waals surface area contributed by atoms with Crippen molar-refractivity contribution in [2.45, 2.75) is 36.6 Å². The van der Waals surface area contributed by atoms with Gasteiger partial charge in [0.1, 0.15) is 17.6 Å². The quantitative estimate of drug-likeness (QED) is 0.269. The van der Waals surface area contributed by atoms with Crippen molar-refractivity contribution in [2.75, 3.05) is 28.2 Å². The molecule has 1 aromatic heterocycles. The molecule has 2 aliphatic rings. The Bertz CT molecular complexity index is 1730. The van der Waals surface area contributed by atoms with Gasteiger partial charge >= 0.3 is 4.87 Å². The molecule has 4 aromatic rings. The van der Waals surface area contributed by atoms with E-state index in [1.54, 1.807) is 24.3 Å². The first-order chi connectivity index (χ1) is 20.8. The Morgan fingerprint density at radius 2 is 1.58 bits per heavy atom. The monoisotopic (exact) mass is 616 g/mol. The number of benzene rings is 3. The number of hydrogen-bond acceptors (Lipinski definition) is 7. The van der Waals surface area contributed by atoms with E-state index in [1.807, 2.05) is 30.3 Å². The van der Waals surface area contributed by atoms with Crippen LogP contribution in [-0.2, 0) is 20.9 Å². The molecule has 43 heavy (non-hydrogen) atoms. The van der Waals surface area contributed by atoms with E-state index in [-0.39, 0.29) is 17.3 Å². The third-order valence-corrected chi connectivity index (χ3v) is 10.5. The second-order valence-electron chi connectivity index (χ2n) is 10.3. The predicted octanol–water partition coefficient (Wildman–Crippen LogP) is 5.33. The predicted molar refractivity (Wildman–Crippen MR) is 168 cm³/mol. The molecule has 2 unspecified atom stereocenters. The van der Waals surface area contributed by atoms with Crippen molar-refractivity contribution in [3.8, 4) is 0 Å². The molecule has 1 saturated heterocycles. The Hall–Kier alpha value is -4.22. The standard InChI is InChI=1S/C32H29FN4O4S2/c1-3-35(4-2)22-14-10-19(11-15-22)25-26-27(30(40)37(29(26)39)23-16-12-20(33)13-17-23)42-31-28(25)43-32(41)36(31)18-24(38)34-21-8-6-5-7-9-21/h5-17,25-27H,3-4,18H2,1-2H3,(H,34,38)/t25-,26?,27?/m1/s1. The summed E-state index contributed by atoms with van der Waals surface area (Å²) in [5.74, 6) is -3.03. The van der Waals surface area contributed by atoms with Crippen LogP contribution in [0.25, 0.3) is 0 Å². The highest BCUT2D eigenvalue weighted by atomic mass is 32.2. The smallest absolute Gasteiger partial charge is 0.308 e. The van der Waals surface area contributed by atoms with E-state index >= 15 is 0 Å². The van der Waals surface area contributed by atoms with Gasteiger partial charge in [-0.05, 0) is 67.9 Å². The highest BCUT2D eigenvalue weighted by molar-refractivity contribution is 8.00. The molecule has 3 amide bonds. The summed E-state index contributed by atoms with van der Waals surface area (Å²) in [6, 6.07) is 22.1. The molecule has 11 heteroatoms. The number of aromatic nitrogens is 1. The minimum Gasteiger partial charge on any atom is -0.372 e. The second-order valence-corrected chi connectivity index (χ2v) is 12.5. The Morgan fingerprint density at radius 1 is 0.907 bits per heavy atom. The number of amides is 3. The number of hydrogen-bond donors (Lipinski definition) is 1. The Balaban J connectivity index is 1.42. The molecule has 0 bridgehead atoms. The summed E-state index contributed by atoms with van der Waals surface area (Å²) in [6.45, 7) is 5.59. The molecule has 0 saturated carbocycles. The number of imide groups is 1. The lowest BCUT2D eigenvalue weighted by Crippen LogP contribution is -2.33. The molecule has 220 valence electrons. The number of nitrogens with zero attached hydrogens (tertiary/aromatic N) is 3. The van der Waals surface area contributed by atoms with E-state index in [9.17, 15) is 23.6 Å². The van der Waals surface area contributed by atoms with E-state index in [1.165, 1.54) is 28.8 Å². The van der Waals surface area contributed by atoms with Crippen LogP contribution in [0.5, 0.6) is 0 Å². The molecule has 0 radical (unpaired) electrons. The van der Waals surface area contributed by atoms with Gasteiger partial charge in [-0.15, -0.1) is 0 Å². The highest BCUT2D eigenvalue weighted by Crippen LogP contribution is 2.54. The summed E-state index contributed by atoms with van der Waals surface area (Å²) >= 11 is 2.15. The Morgan fingerprint density at radius 3 is 2.23 bits per heavy atom. The summed E-state index contributed by atoms with van der Waals surface area (Å²) in [7, 11) is 0. The highest BCUT2D eigenvalue weighted by Gasteiger charge is 2.56. The summed E-state index contributed by atoms with van der Waals surface area (Å²) in [4.78, 5) is 57.9. The average Bonchev–Trinajstić information content (AvgIpc) is 3.45. The van der Waals surface area contributed by atoms with Crippen LogP contribution >= 0.6 is 23.1 Å². The maximum atomic E-state index is 14.0. The number of halogens is 1. The van der Waals surface area contributed by atoms with Gasteiger partial charge in [0, 0.05) is 35.3 Å². The summed E-state index contributed by atoms with van der Waals surface area (Å²) < 4.78 is 15.1. The first-order valence-electron chi connectivity index (χ1n) is 14.0. The fourth-order valence-corrected chi connectivity index (χ4v) is 8.58. The number of nitrogens with one attached hydrogen (secondary N) is 1. The van der Waals surface area contributed by atoms with Gasteiger partial charge in [-0.25, -0.2) is 9.29 Å². The first-order valence-corrected chi connectivity index (χ1v) is 15.7. The van der Waals surface area contributed by atoms with Crippen molar-refractivity contribution in [3.63, 3.8) is 0 Å². The van der Waals surface area contributed by atoms with Gasteiger partial charge < -0.3 is 10.2 Å². The van der Waals surface area contributed by atoms with Crippen molar-refractivity contribution < 1.29 is 18.8 Å². The largest absolute Gasteiger partial charge is 0.372 e. The van der Waals surface area contributed by atoms with Crippen molar-refractivity contribution in [1.29, 1.82) is 0 Å². The maximum Gasteiger partial charge on any atom is 0.308 e. The van der Waals surface area contributed by atoms with E-state index in [4.69, 9.17) is 0 Å². The topological polar surface area (TPSA) is 91.7 Å². The van der Waals surface area contributed by atoms with Crippen LogP contribution in [0.4, 0.5) is 21.5 Å². The Kier molecular flexibility index (Phi) is 7.93. The molecule has 6 rings (SSSR count). The van der Waals surface area contributed by atoms with Crippen molar-refractivity contribution in [1.82, 2.24) is 4.57 Å². The zero-order chi connectivity index (χ0) is 30.2. The number of carbonyl (C=O) groups is 3. The van der Waals surface area contributed by atoms with Gasteiger partial charge in [-0.3, -0.25) is 23.7 Å². The van der Waals surface area contributed by atoms with E-state index in [0.29, 0.717) is 21.3 Å². The molecule has 0 spiro atoms. The molecule has 1 N–H and O–H groups in total. The summed E-state index contributed by atoms with van der Waals surface area (Å²) in [5, 5.41) is 2.50. The zero-order valence-electron chi connectivity index (χ0n) is 23.5. The minimum atomic E-state index is -0.824. The fourth-order valence-electron chi connectivity index (χ4n) is 5.81. The van der Waals surface area contributed by atoms with Crippen LogP contribution in [0.1, 0.15) is 30.2 Å². The van der Waals surface area contributed by atoms with Crippen LogP contribution in [0, 0.1) is 11.7 Å². The van der Waals surface area contributed by atoms with Gasteiger partial charge in [0.25, 0.3) is 0 Å². The van der Waals surface area contributed by atoms with Crippen LogP contribution < -0.4 is 20.0 Å². The molecular weight excluding hydrogens is 588 g/mol. The normalized spacial score (nSPS) is 19.2. The fraction of sp³-hybridized carbons (Fsp3) is 0.250. The molecule has 1 fully saturated rings. The maximum absolute atomic E-state index is 14.0. The van der Waals surface area contributed by atoms with Crippen molar-refractivity contribution >= 4 is 57.9 Å². The number of rotatable bonds is 8. The van der Waals surface area contributed by atoms with Crippen LogP contribution in [0.15, 0.2) is 88.7 Å². The first kappa shape index (κ1) is 28.9. The van der Waals surface area contributed by atoms with Gasteiger partial charge in [-0.1, -0.05) is 53.4 Å². The van der Waals surface area contributed by atoms with Gasteiger partial charge in [0.15, 0.2) is 0 Å². The third kappa shape index (κ3) is 5.27. The minimum absolute atomic E-state index is 0.235. The molecule has 3 heterocycles. The van der Waals surface area contributed by atoms with Crippen molar-refractivity contribution in [3.05, 3.63) is 105 Å². The molecule has 3 aromatic carbocycles. The average molecular weight is 617 g/mol. The summed E-state index contributed by atoms with van der Waals surface area (Å²) in [6.07, 6.45) is 0. The van der Waals surface area contributed by atoms with E-state index in [2.05, 4.69) is 24.1 Å². The number of thiazole rings is 1. The van der Waals surface area contributed by atoms with Gasteiger partial charge in [0.05, 0.1) is 16.6 Å². The van der Waals surface area contributed by atoms with Crippen LogP contribution in [0.3, 0.4) is 0 Å². The third-order valence-electron chi connectivity index (χ3n) is 7.87. The molecule has 3 atom stereocenters. The number of para-hydroxylation sites is 1. The molecule has 2 aliphatic heterocycles. The molecule has 0 aliphatic carbocycles. The molecule has 8 nitrogen and oxygen atoms in total. The van der Waals surface area contributed by atoms with Crippen LogP contribution in [0.2, 0.25) is 0 Å². The number of thioether (sulfide) groups is 1. The lowest BCUT2D eigenvalue weighted by Gasteiger charge is -2.31. The zero-order valence-corrected chi connectivity index (χ0v) is 25.2. The van der Waals surface area contributed by atoms with Gasteiger partial charge in [-0.2, -0.15) is 0 Å². The number of carbonyl (C=O) groups excluding carboxylic acids is 3. The number of anilines is 3. The lowest BCUT2D eigenvalue weighted by atomic mass is 9.83. The number of fused-ring (bicyclic) bond motifs is 2. The second kappa shape index (κ2) is 11.8.